The van der Waals surface area contributed by atoms with E-state index in [9.17, 15) is 15.0 Å². The van der Waals surface area contributed by atoms with Crippen molar-refractivity contribution in [1.29, 1.82) is 0 Å². The number of hydrogen-bond donors (Lipinski definition) is 3. The molecule has 4 heteroatoms. The quantitative estimate of drug-likeness (QED) is 0.347. The van der Waals surface area contributed by atoms with E-state index in [0.29, 0.717) is 6.42 Å². The molecule has 3 N–H and O–H groups in total. The molecule has 0 unspecified atom stereocenters. The van der Waals surface area contributed by atoms with Gasteiger partial charge in [0.15, 0.2) is 0 Å². The van der Waals surface area contributed by atoms with Crippen molar-refractivity contribution in [3.8, 4) is 0 Å². The van der Waals surface area contributed by atoms with Crippen LogP contribution in [0.1, 0.15) is 84.5 Å². The van der Waals surface area contributed by atoms with Crippen LogP contribution < -0.4 is 0 Å². The molecule has 0 aromatic heterocycles. The molecule has 0 spiro atoms. The molecule has 4 nitrogen and oxygen atoms in total. The minimum atomic E-state index is -0.706. The van der Waals surface area contributed by atoms with E-state index in [-0.39, 0.29) is 30.6 Å². The summed E-state index contributed by atoms with van der Waals surface area (Å²) in [5.41, 5.74) is -0.706. The highest BCUT2D eigenvalue weighted by molar-refractivity contribution is 5.84. The van der Waals surface area contributed by atoms with Crippen molar-refractivity contribution < 1.29 is 20.1 Å². The van der Waals surface area contributed by atoms with Gasteiger partial charge in [-0.25, -0.2) is 0 Å². The first-order valence-electron chi connectivity index (χ1n) is 10.1. The van der Waals surface area contributed by atoms with Gasteiger partial charge in [0.2, 0.25) is 0 Å². The number of aliphatic hydroxyl groups excluding tert-OH is 2. The fourth-order valence-electron chi connectivity index (χ4n) is 3.74. The zero-order chi connectivity index (χ0) is 18.7. The van der Waals surface area contributed by atoms with Gasteiger partial charge in [-0.3, -0.25) is 4.79 Å². The number of Topliss-reactive ketones (excluding diaryl/α,β-unsaturated/α-hetero) is 1. The van der Waals surface area contributed by atoms with Crippen molar-refractivity contribution in [2.75, 3.05) is 6.61 Å². The SMILES string of the molecule is CCCC[C@](C)(O)C/C=C/[C@H]1[C@H](O)CC(=O)[C@@H]1CCCCCCCO. The van der Waals surface area contributed by atoms with Crippen molar-refractivity contribution in [1.82, 2.24) is 0 Å². The number of ketones is 1. The molecule has 1 fully saturated rings. The maximum atomic E-state index is 12.2. The standard InChI is InChI=1S/C21H38O4/c1-3-4-13-21(2,25)14-10-12-18-17(19(23)16-20(18)24)11-8-6-5-7-9-15-22/h10,12,17-18,20,22,24-25H,3-9,11,13-16H2,1-2H3/b12-10+/t17-,18-,20-,21+/m1/s1. The monoisotopic (exact) mass is 354 g/mol. The Kier molecular flexibility index (Phi) is 10.6. The lowest BCUT2D eigenvalue weighted by atomic mass is 9.87. The average Bonchev–Trinajstić information content (AvgIpc) is 2.82. The Morgan fingerprint density at radius 1 is 1.16 bits per heavy atom. The summed E-state index contributed by atoms with van der Waals surface area (Å²) in [6.07, 6.45) is 12.9. The molecule has 0 bridgehead atoms. The van der Waals surface area contributed by atoms with Crippen molar-refractivity contribution in [3.05, 3.63) is 12.2 Å². The summed E-state index contributed by atoms with van der Waals surface area (Å²) in [4.78, 5) is 12.2. The zero-order valence-corrected chi connectivity index (χ0v) is 16.1. The molecule has 146 valence electrons. The van der Waals surface area contributed by atoms with Crippen LogP contribution in [0.4, 0.5) is 0 Å². The van der Waals surface area contributed by atoms with Gasteiger partial charge in [-0.2, -0.15) is 0 Å². The maximum absolute atomic E-state index is 12.2. The lowest BCUT2D eigenvalue weighted by Crippen LogP contribution is -2.23. The number of carbonyl (C=O) groups is 1. The predicted octanol–water partition coefficient (Wildman–Crippen LogP) is 3.77. The Morgan fingerprint density at radius 3 is 2.52 bits per heavy atom. The summed E-state index contributed by atoms with van der Waals surface area (Å²) in [6, 6.07) is 0. The van der Waals surface area contributed by atoms with Gasteiger partial charge in [-0.15, -0.1) is 0 Å². The van der Waals surface area contributed by atoms with Crippen molar-refractivity contribution in [3.63, 3.8) is 0 Å². The van der Waals surface area contributed by atoms with Gasteiger partial charge >= 0.3 is 0 Å². The summed E-state index contributed by atoms with van der Waals surface area (Å²) in [6.45, 7) is 4.22. The van der Waals surface area contributed by atoms with E-state index < -0.39 is 11.7 Å². The molecular formula is C21H38O4. The molecule has 1 aliphatic rings. The van der Waals surface area contributed by atoms with Gasteiger partial charge in [0, 0.05) is 24.9 Å². The number of unbranched alkanes of at least 4 members (excludes halogenated alkanes) is 5. The molecule has 0 heterocycles. The van der Waals surface area contributed by atoms with E-state index in [0.717, 1.165) is 57.8 Å². The van der Waals surface area contributed by atoms with Crippen LogP contribution in [0.15, 0.2) is 12.2 Å². The highest BCUT2D eigenvalue weighted by atomic mass is 16.3. The van der Waals surface area contributed by atoms with E-state index in [2.05, 4.69) is 6.92 Å². The van der Waals surface area contributed by atoms with Gasteiger partial charge in [0.1, 0.15) is 5.78 Å². The molecule has 0 aliphatic heterocycles. The summed E-state index contributed by atoms with van der Waals surface area (Å²) in [5, 5.41) is 29.3. The molecule has 0 aromatic rings. The normalized spacial score (nSPS) is 26.4. The Labute approximate surface area is 153 Å². The first-order chi connectivity index (χ1) is 11.9. The number of aliphatic hydroxyl groups is 3. The van der Waals surface area contributed by atoms with Crippen LogP contribution in [-0.2, 0) is 4.79 Å². The van der Waals surface area contributed by atoms with Crippen LogP contribution in [0.2, 0.25) is 0 Å². The molecule has 1 saturated carbocycles. The Bertz CT molecular complexity index is 403. The second-order valence-corrected chi connectivity index (χ2v) is 7.93. The van der Waals surface area contributed by atoms with Crippen LogP contribution in [0.25, 0.3) is 0 Å². The predicted molar refractivity (Wildman–Crippen MR) is 101 cm³/mol. The summed E-state index contributed by atoms with van der Waals surface area (Å²) >= 11 is 0. The van der Waals surface area contributed by atoms with Crippen LogP contribution in [0.5, 0.6) is 0 Å². The fourth-order valence-corrected chi connectivity index (χ4v) is 3.74. The smallest absolute Gasteiger partial charge is 0.139 e. The first-order valence-corrected chi connectivity index (χ1v) is 10.1. The van der Waals surface area contributed by atoms with Crippen molar-refractivity contribution in [2.45, 2.75) is 96.2 Å². The number of hydrogen-bond acceptors (Lipinski definition) is 4. The van der Waals surface area contributed by atoms with Crippen molar-refractivity contribution in [2.24, 2.45) is 11.8 Å². The first kappa shape index (κ1) is 22.3. The molecule has 0 radical (unpaired) electrons. The Morgan fingerprint density at radius 2 is 1.84 bits per heavy atom. The highest BCUT2D eigenvalue weighted by Gasteiger charge is 2.39. The minimum absolute atomic E-state index is 0.0790. The van der Waals surface area contributed by atoms with E-state index in [4.69, 9.17) is 5.11 Å². The highest BCUT2D eigenvalue weighted by Crippen LogP contribution is 2.34. The molecule has 0 aromatic carbocycles. The van der Waals surface area contributed by atoms with Crippen LogP contribution in [-0.4, -0.2) is 39.4 Å². The summed E-state index contributed by atoms with van der Waals surface area (Å²) < 4.78 is 0. The molecule has 4 atom stereocenters. The van der Waals surface area contributed by atoms with Gasteiger partial charge in [0.25, 0.3) is 0 Å². The fraction of sp³-hybridized carbons (Fsp3) is 0.857. The Balaban J connectivity index is 2.45. The Hall–Kier alpha value is -0.710. The average molecular weight is 355 g/mol. The molecule has 25 heavy (non-hydrogen) atoms. The van der Waals surface area contributed by atoms with Gasteiger partial charge in [-0.05, 0) is 32.6 Å². The molecule has 1 aliphatic carbocycles. The molecule has 0 amide bonds. The summed E-state index contributed by atoms with van der Waals surface area (Å²) in [7, 11) is 0. The van der Waals surface area contributed by atoms with E-state index >= 15 is 0 Å². The van der Waals surface area contributed by atoms with Gasteiger partial charge in [0.05, 0.1) is 11.7 Å². The zero-order valence-electron chi connectivity index (χ0n) is 16.1. The van der Waals surface area contributed by atoms with Crippen LogP contribution >= 0.6 is 0 Å². The summed E-state index contributed by atoms with van der Waals surface area (Å²) in [5.74, 6) is -0.00755. The number of rotatable bonds is 13. The number of carbonyl (C=O) groups excluding carboxylic acids is 1. The van der Waals surface area contributed by atoms with E-state index in [1.54, 1.807) is 0 Å². The molecular weight excluding hydrogens is 316 g/mol. The second kappa shape index (κ2) is 11.8. The van der Waals surface area contributed by atoms with E-state index in [1.807, 2.05) is 19.1 Å². The third kappa shape index (κ3) is 8.48. The third-order valence-corrected chi connectivity index (χ3v) is 5.39. The molecule has 0 saturated heterocycles. The third-order valence-electron chi connectivity index (χ3n) is 5.39. The topological polar surface area (TPSA) is 77.8 Å². The van der Waals surface area contributed by atoms with Crippen molar-refractivity contribution >= 4 is 5.78 Å². The van der Waals surface area contributed by atoms with Gasteiger partial charge in [-0.1, -0.05) is 57.6 Å². The molecule has 1 rings (SSSR count). The lowest BCUT2D eigenvalue weighted by molar-refractivity contribution is -0.121. The maximum Gasteiger partial charge on any atom is 0.139 e. The van der Waals surface area contributed by atoms with E-state index in [1.165, 1.54) is 0 Å². The van der Waals surface area contributed by atoms with Crippen LogP contribution in [0, 0.1) is 11.8 Å². The minimum Gasteiger partial charge on any atom is -0.396 e. The van der Waals surface area contributed by atoms with Crippen LogP contribution in [0.3, 0.4) is 0 Å². The van der Waals surface area contributed by atoms with Gasteiger partial charge < -0.3 is 15.3 Å². The largest absolute Gasteiger partial charge is 0.396 e. The lowest BCUT2D eigenvalue weighted by Gasteiger charge is -2.22. The second-order valence-electron chi connectivity index (χ2n) is 7.93.